The van der Waals surface area contributed by atoms with Crippen LogP contribution in [-0.2, 0) is 11.8 Å². The minimum atomic E-state index is 0.340. The van der Waals surface area contributed by atoms with Gasteiger partial charge in [0.05, 0.1) is 0 Å². The van der Waals surface area contributed by atoms with Gasteiger partial charge in [0.25, 0.3) is 0 Å². The van der Waals surface area contributed by atoms with Crippen molar-refractivity contribution in [1.82, 2.24) is 4.90 Å². The number of fused-ring (bicyclic) bond motifs is 4. The lowest BCUT2D eigenvalue weighted by Gasteiger charge is -2.56. The molecule has 120 valence electrons. The lowest BCUT2D eigenvalue weighted by Crippen LogP contribution is -2.58. The molecule has 2 aliphatic rings. The largest absolute Gasteiger partial charge is 0.293 e. The summed E-state index contributed by atoms with van der Waals surface area (Å²) in [6.07, 6.45) is 2.46. The molecule has 1 heteroatoms. The van der Waals surface area contributed by atoms with Crippen LogP contribution in [0, 0.1) is 5.92 Å². The van der Waals surface area contributed by atoms with Gasteiger partial charge in [0.1, 0.15) is 0 Å². The Bertz CT molecular complexity index is 692. The summed E-state index contributed by atoms with van der Waals surface area (Å²) >= 11 is 0. The molecule has 1 aliphatic heterocycles. The predicted octanol–water partition coefficient (Wildman–Crippen LogP) is 4.97. The Morgan fingerprint density at radius 2 is 1.74 bits per heavy atom. The fraction of sp³-hybridized carbons (Fsp3) is 0.455. The van der Waals surface area contributed by atoms with Gasteiger partial charge in [-0.2, -0.15) is 0 Å². The fourth-order valence-electron chi connectivity index (χ4n) is 5.03. The Labute approximate surface area is 140 Å². The van der Waals surface area contributed by atoms with Gasteiger partial charge in [-0.1, -0.05) is 68.4 Å². The van der Waals surface area contributed by atoms with E-state index in [2.05, 4.69) is 80.3 Å². The second kappa shape index (κ2) is 5.49. The molecule has 4 atom stereocenters. The van der Waals surface area contributed by atoms with E-state index in [0.717, 1.165) is 0 Å². The molecule has 1 aliphatic carbocycles. The number of benzene rings is 2. The van der Waals surface area contributed by atoms with Crippen LogP contribution < -0.4 is 0 Å². The van der Waals surface area contributed by atoms with Crippen molar-refractivity contribution in [1.29, 1.82) is 0 Å². The molecule has 2 aromatic carbocycles. The van der Waals surface area contributed by atoms with Gasteiger partial charge < -0.3 is 0 Å². The molecule has 0 unspecified atom stereocenters. The van der Waals surface area contributed by atoms with Gasteiger partial charge in [0, 0.05) is 12.1 Å². The first kappa shape index (κ1) is 15.0. The summed E-state index contributed by atoms with van der Waals surface area (Å²) in [7, 11) is 0. The molecule has 0 aromatic heterocycles. The second-order valence-corrected chi connectivity index (χ2v) is 7.71. The molecule has 1 nitrogen and oxygen atoms in total. The first-order valence-electron chi connectivity index (χ1n) is 9.00. The standard InChI is InChI=1S/C22H27N/c1-16-21-15-19-11-7-8-12-20(19)22(16,3)13-14-23(21)17(2)18-9-5-4-6-10-18/h4-12,16-17,21H,13-15H2,1-3H3/t16-,17-,21+,22+/m1/s1. The van der Waals surface area contributed by atoms with E-state index < -0.39 is 0 Å². The fourth-order valence-corrected chi connectivity index (χ4v) is 5.03. The van der Waals surface area contributed by atoms with Crippen molar-refractivity contribution >= 4 is 0 Å². The average Bonchev–Trinajstić information content (AvgIpc) is 2.58. The molecular formula is C22H27N. The van der Waals surface area contributed by atoms with Crippen LogP contribution in [0.25, 0.3) is 0 Å². The first-order valence-corrected chi connectivity index (χ1v) is 9.00. The van der Waals surface area contributed by atoms with Gasteiger partial charge in [0.2, 0.25) is 0 Å². The van der Waals surface area contributed by atoms with E-state index in [1.165, 1.54) is 24.9 Å². The van der Waals surface area contributed by atoms with Crippen molar-refractivity contribution in [3.8, 4) is 0 Å². The van der Waals surface area contributed by atoms with Crippen LogP contribution in [0.4, 0.5) is 0 Å². The summed E-state index contributed by atoms with van der Waals surface area (Å²) in [5.41, 5.74) is 4.97. The molecule has 1 saturated heterocycles. The summed E-state index contributed by atoms with van der Waals surface area (Å²) < 4.78 is 0. The molecule has 1 fully saturated rings. The third kappa shape index (κ3) is 2.25. The Morgan fingerprint density at radius 3 is 2.52 bits per heavy atom. The lowest BCUT2D eigenvalue weighted by atomic mass is 9.59. The normalized spacial score (nSPS) is 31.4. The number of likely N-dealkylation sites (tertiary alicyclic amines) is 1. The van der Waals surface area contributed by atoms with Crippen molar-refractivity contribution in [2.24, 2.45) is 5.92 Å². The van der Waals surface area contributed by atoms with Crippen LogP contribution in [0.3, 0.4) is 0 Å². The number of piperidine rings is 1. The maximum Gasteiger partial charge on any atom is 0.0323 e. The second-order valence-electron chi connectivity index (χ2n) is 7.71. The molecular weight excluding hydrogens is 278 g/mol. The maximum atomic E-state index is 2.76. The molecule has 4 rings (SSSR count). The van der Waals surface area contributed by atoms with Crippen molar-refractivity contribution in [2.75, 3.05) is 6.54 Å². The highest BCUT2D eigenvalue weighted by atomic mass is 15.2. The van der Waals surface area contributed by atoms with Crippen LogP contribution in [0.1, 0.15) is 49.9 Å². The SMILES string of the molecule is C[C@H](c1ccccc1)N1CC[C@]2(C)c3ccccc3C[C@H]1[C@H]2C. The highest BCUT2D eigenvalue weighted by Gasteiger charge is 2.49. The summed E-state index contributed by atoms with van der Waals surface area (Å²) in [6, 6.07) is 21.3. The lowest BCUT2D eigenvalue weighted by molar-refractivity contribution is 0.00564. The van der Waals surface area contributed by atoms with Crippen LogP contribution >= 0.6 is 0 Å². The van der Waals surface area contributed by atoms with Crippen LogP contribution in [0.2, 0.25) is 0 Å². The van der Waals surface area contributed by atoms with Crippen LogP contribution in [-0.4, -0.2) is 17.5 Å². The van der Waals surface area contributed by atoms with Crippen molar-refractivity contribution in [3.05, 3.63) is 71.3 Å². The van der Waals surface area contributed by atoms with Crippen molar-refractivity contribution in [3.63, 3.8) is 0 Å². The highest BCUT2D eigenvalue weighted by molar-refractivity contribution is 5.40. The van der Waals surface area contributed by atoms with Crippen molar-refractivity contribution < 1.29 is 0 Å². The third-order valence-electron chi connectivity index (χ3n) is 6.74. The zero-order valence-electron chi connectivity index (χ0n) is 14.5. The molecule has 1 heterocycles. The molecule has 0 amide bonds. The molecule has 2 bridgehead atoms. The van der Waals surface area contributed by atoms with E-state index in [-0.39, 0.29) is 0 Å². The van der Waals surface area contributed by atoms with E-state index in [1.54, 1.807) is 11.1 Å². The summed E-state index contributed by atoms with van der Waals surface area (Å²) in [4.78, 5) is 2.76. The average molecular weight is 305 g/mol. The van der Waals surface area contributed by atoms with E-state index in [0.29, 0.717) is 23.4 Å². The Kier molecular flexibility index (Phi) is 3.57. The minimum absolute atomic E-state index is 0.340. The quantitative estimate of drug-likeness (QED) is 0.757. The molecule has 0 saturated carbocycles. The zero-order chi connectivity index (χ0) is 16.0. The number of rotatable bonds is 2. The van der Waals surface area contributed by atoms with Gasteiger partial charge in [-0.3, -0.25) is 4.90 Å². The molecule has 0 N–H and O–H groups in total. The minimum Gasteiger partial charge on any atom is -0.293 e. The number of nitrogens with zero attached hydrogens (tertiary/aromatic N) is 1. The van der Waals surface area contributed by atoms with Gasteiger partial charge in [0.15, 0.2) is 0 Å². The Hall–Kier alpha value is -1.60. The van der Waals surface area contributed by atoms with Crippen LogP contribution in [0.5, 0.6) is 0 Å². The molecule has 23 heavy (non-hydrogen) atoms. The van der Waals surface area contributed by atoms with E-state index >= 15 is 0 Å². The third-order valence-corrected chi connectivity index (χ3v) is 6.74. The van der Waals surface area contributed by atoms with E-state index in [1.807, 2.05) is 0 Å². The highest BCUT2D eigenvalue weighted by Crippen LogP contribution is 2.50. The zero-order valence-corrected chi connectivity index (χ0v) is 14.5. The molecule has 0 spiro atoms. The summed E-state index contributed by atoms with van der Waals surface area (Å²) in [6.45, 7) is 8.55. The van der Waals surface area contributed by atoms with Gasteiger partial charge in [-0.15, -0.1) is 0 Å². The molecule has 0 radical (unpaired) electrons. The topological polar surface area (TPSA) is 3.24 Å². The molecule has 2 aromatic rings. The number of hydrogen-bond acceptors (Lipinski definition) is 1. The predicted molar refractivity (Wildman–Crippen MR) is 96.6 cm³/mol. The Morgan fingerprint density at radius 1 is 1.04 bits per heavy atom. The maximum absolute atomic E-state index is 2.76. The number of hydrogen-bond donors (Lipinski definition) is 0. The Balaban J connectivity index is 1.71. The first-order chi connectivity index (χ1) is 11.1. The van der Waals surface area contributed by atoms with E-state index in [9.17, 15) is 0 Å². The summed E-state index contributed by atoms with van der Waals surface area (Å²) in [5, 5.41) is 0. The smallest absolute Gasteiger partial charge is 0.0323 e. The van der Waals surface area contributed by atoms with Crippen molar-refractivity contribution in [2.45, 2.75) is 51.1 Å². The van der Waals surface area contributed by atoms with Gasteiger partial charge in [-0.05, 0) is 54.3 Å². The van der Waals surface area contributed by atoms with Gasteiger partial charge in [-0.25, -0.2) is 0 Å². The summed E-state index contributed by atoms with van der Waals surface area (Å²) in [5.74, 6) is 0.706. The van der Waals surface area contributed by atoms with Crippen LogP contribution in [0.15, 0.2) is 54.6 Å². The monoisotopic (exact) mass is 305 g/mol. The van der Waals surface area contributed by atoms with Gasteiger partial charge >= 0.3 is 0 Å². The van der Waals surface area contributed by atoms with E-state index in [4.69, 9.17) is 0 Å².